The molecule has 0 spiro atoms. The van der Waals surface area contributed by atoms with Crippen molar-refractivity contribution in [3.05, 3.63) is 0 Å². The van der Waals surface area contributed by atoms with Gasteiger partial charge in [0.2, 0.25) is 0 Å². The van der Waals surface area contributed by atoms with Gasteiger partial charge >= 0.3 is 40.0 Å². The first-order chi connectivity index (χ1) is 2.56. The van der Waals surface area contributed by atoms with Gasteiger partial charge in [-0.15, -0.1) is 12.4 Å². The Labute approximate surface area is 95.1 Å². The van der Waals surface area contributed by atoms with E-state index in [9.17, 15) is 8.42 Å². The summed E-state index contributed by atoms with van der Waals surface area (Å²) in [6, 6.07) is 0. The van der Waals surface area contributed by atoms with Gasteiger partial charge < -0.3 is 0 Å². The fraction of sp³-hybridized carbons (Fsp3) is 1.00. The van der Waals surface area contributed by atoms with E-state index in [1.807, 2.05) is 0 Å². The average molecular weight is 238 g/mol. The van der Waals surface area contributed by atoms with E-state index in [1.165, 1.54) is 0 Å². The Hall–Kier alpha value is 1.78. The second-order valence-corrected chi connectivity index (χ2v) is 1.78. The topological polar surface area (TPSA) is 63.6 Å². The van der Waals surface area contributed by atoms with Crippen molar-refractivity contribution in [3.8, 4) is 0 Å². The Kier molecular flexibility index (Phi) is 24.4. The van der Waals surface area contributed by atoms with Crippen LogP contribution < -0.4 is 0 Å². The van der Waals surface area contributed by atoms with E-state index in [-0.39, 0.29) is 61.4 Å². The molecule has 0 aromatic carbocycles. The fourth-order valence-corrected chi connectivity index (χ4v) is 0. The van der Waals surface area contributed by atoms with Gasteiger partial charge in [-0.05, 0) is 0 Å². The van der Waals surface area contributed by atoms with Gasteiger partial charge in [-0.1, -0.05) is 0 Å². The van der Waals surface area contributed by atoms with Crippen LogP contribution in [0.1, 0.15) is 0 Å². The van der Waals surface area contributed by atoms with E-state index in [1.54, 1.807) is 0 Å². The van der Waals surface area contributed by atoms with Crippen molar-refractivity contribution >= 4 is 52.4 Å². The van der Waals surface area contributed by atoms with Crippen LogP contribution in [0.4, 0.5) is 0 Å². The van der Waals surface area contributed by atoms with E-state index in [0.29, 0.717) is 0 Å². The smallest absolute Gasteiger partial charge is 0 e. The van der Waals surface area contributed by atoms with Crippen LogP contribution in [0.15, 0.2) is 0 Å². The number of rotatable bonds is 1. The standard InChI is InChI=1S/CH4O4S.ClH.Na.Zn.H/c1-5-6(2,3)4;;;;/h1H3,(H,2,3,4);1H;;;. The molecule has 0 aromatic rings. The summed E-state index contributed by atoms with van der Waals surface area (Å²) in [4.78, 5) is 0. The average Bonchev–Trinajstić information content (AvgIpc) is 1.35. The number of hydrogen-bond acceptors (Lipinski definition) is 3. The third-order valence-corrected chi connectivity index (χ3v) is 0.632. The normalized spacial score (nSPS) is 7.78. The maximum Gasteiger partial charge on any atom is 0 e. The summed E-state index contributed by atoms with van der Waals surface area (Å²) in [5.74, 6) is 0. The minimum absolute atomic E-state index is 0. The molecule has 0 aliphatic rings. The van der Waals surface area contributed by atoms with Gasteiger partial charge in [0.05, 0.1) is 7.11 Å². The predicted molar refractivity (Wildman–Crippen MR) is 33.0 cm³/mol. The molecule has 9 heavy (non-hydrogen) atoms. The van der Waals surface area contributed by atoms with Gasteiger partial charge in [0.15, 0.2) is 0 Å². The molecule has 0 unspecified atom stereocenters. The molecule has 8 heteroatoms. The van der Waals surface area contributed by atoms with E-state index in [0.717, 1.165) is 7.11 Å². The van der Waals surface area contributed by atoms with Crippen LogP contribution in [0.3, 0.4) is 0 Å². The maximum absolute atomic E-state index is 9.33. The van der Waals surface area contributed by atoms with Gasteiger partial charge in [0.25, 0.3) is 0 Å². The van der Waals surface area contributed by atoms with Crippen LogP contribution in [-0.4, -0.2) is 49.6 Å². The fourth-order valence-electron chi connectivity index (χ4n) is 0. The molecule has 4 nitrogen and oxygen atoms in total. The van der Waals surface area contributed by atoms with Crippen LogP contribution in [0, 0.1) is 0 Å². The van der Waals surface area contributed by atoms with Crippen molar-refractivity contribution in [1.29, 1.82) is 0 Å². The molecule has 1 N–H and O–H groups in total. The van der Waals surface area contributed by atoms with Gasteiger partial charge in [-0.3, -0.25) is 8.74 Å². The molecular formula is CH6ClNaO4SZn. The molecule has 0 bridgehead atoms. The van der Waals surface area contributed by atoms with Gasteiger partial charge in [-0.25, -0.2) is 0 Å². The quantitative estimate of drug-likeness (QED) is 0.480. The molecular weight excluding hydrogens is 232 g/mol. The van der Waals surface area contributed by atoms with Gasteiger partial charge in [0.1, 0.15) is 0 Å². The summed E-state index contributed by atoms with van der Waals surface area (Å²) in [5, 5.41) is 0. The van der Waals surface area contributed by atoms with E-state index >= 15 is 0 Å². The Morgan fingerprint density at radius 2 is 1.56 bits per heavy atom. The first-order valence-electron chi connectivity index (χ1n) is 1.09. The monoisotopic (exact) mass is 236 g/mol. The molecule has 0 amide bonds. The van der Waals surface area contributed by atoms with Crippen molar-refractivity contribution in [2.75, 3.05) is 7.11 Å². The van der Waals surface area contributed by atoms with Crippen LogP contribution in [0.5, 0.6) is 0 Å². The van der Waals surface area contributed by atoms with E-state index in [4.69, 9.17) is 4.55 Å². The Bertz CT molecular complexity index is 123. The van der Waals surface area contributed by atoms with Gasteiger partial charge in [0, 0.05) is 19.5 Å². The molecule has 0 radical (unpaired) electrons. The Morgan fingerprint density at radius 3 is 1.56 bits per heavy atom. The SMILES string of the molecule is COS(=O)(=O)O.Cl.[NaH].[Zn]. The maximum atomic E-state index is 9.33. The van der Waals surface area contributed by atoms with Crippen molar-refractivity contribution in [3.63, 3.8) is 0 Å². The third-order valence-electron chi connectivity index (χ3n) is 0.211. The van der Waals surface area contributed by atoms with Crippen molar-refractivity contribution < 1.29 is 36.6 Å². The summed E-state index contributed by atoms with van der Waals surface area (Å²) < 4.78 is 29.7. The van der Waals surface area contributed by atoms with Crippen LogP contribution >= 0.6 is 12.4 Å². The molecule has 0 heterocycles. The van der Waals surface area contributed by atoms with Crippen molar-refractivity contribution in [2.24, 2.45) is 0 Å². The third kappa shape index (κ3) is 25.9. The molecule has 0 saturated carbocycles. The zero-order chi connectivity index (χ0) is 5.21. The first-order valence-corrected chi connectivity index (χ1v) is 2.46. The molecule has 0 rings (SSSR count). The second kappa shape index (κ2) is 9.78. The summed E-state index contributed by atoms with van der Waals surface area (Å²) >= 11 is 0. The first kappa shape index (κ1) is 22.4. The minimum atomic E-state index is -4.16. The molecule has 0 fully saturated rings. The largest absolute Gasteiger partial charge is 0 e. The van der Waals surface area contributed by atoms with Crippen molar-refractivity contribution in [2.45, 2.75) is 0 Å². The summed E-state index contributed by atoms with van der Waals surface area (Å²) in [5.41, 5.74) is 0. The van der Waals surface area contributed by atoms with E-state index < -0.39 is 10.4 Å². The molecule has 50 valence electrons. The van der Waals surface area contributed by atoms with Crippen LogP contribution in [-0.2, 0) is 34.1 Å². The van der Waals surface area contributed by atoms with Crippen LogP contribution in [0.2, 0.25) is 0 Å². The zero-order valence-corrected chi connectivity index (χ0v) is 8.80. The number of halogens is 1. The molecule has 0 aromatic heterocycles. The molecule has 0 atom stereocenters. The summed E-state index contributed by atoms with van der Waals surface area (Å²) in [6.07, 6.45) is 0. The van der Waals surface area contributed by atoms with Gasteiger partial charge in [-0.2, -0.15) is 8.42 Å². The Balaban J connectivity index is -0.0000000417. The summed E-state index contributed by atoms with van der Waals surface area (Å²) in [6.45, 7) is 0. The minimum Gasteiger partial charge on any atom is 0 e. The molecule has 0 saturated heterocycles. The van der Waals surface area contributed by atoms with Crippen molar-refractivity contribution in [1.82, 2.24) is 0 Å². The second-order valence-electron chi connectivity index (χ2n) is 0.594. The van der Waals surface area contributed by atoms with E-state index in [2.05, 4.69) is 4.18 Å². The van der Waals surface area contributed by atoms with Crippen LogP contribution in [0.25, 0.3) is 0 Å². The summed E-state index contributed by atoms with van der Waals surface area (Å²) in [7, 11) is -3.29. The number of hydrogen-bond donors (Lipinski definition) is 1. The molecule has 0 aliphatic carbocycles. The Morgan fingerprint density at radius 1 is 1.44 bits per heavy atom. The molecule has 0 aliphatic heterocycles. The predicted octanol–water partition coefficient (Wildman–Crippen LogP) is -0.794. The zero-order valence-electron chi connectivity index (χ0n) is 4.20.